The van der Waals surface area contributed by atoms with Crippen LogP contribution in [0.3, 0.4) is 0 Å². The zero-order chi connectivity index (χ0) is 14.0. The van der Waals surface area contributed by atoms with E-state index in [4.69, 9.17) is 11.6 Å². The summed E-state index contributed by atoms with van der Waals surface area (Å²) in [6, 6.07) is 6.55. The van der Waals surface area contributed by atoms with Crippen molar-refractivity contribution in [3.05, 3.63) is 55.2 Å². The van der Waals surface area contributed by atoms with Gasteiger partial charge in [0, 0.05) is 16.0 Å². The molecular formula is C13H13ClN2O2S. The number of benzene rings is 1. The number of nitrogens with zero attached hydrogens (tertiary/aromatic N) is 1. The van der Waals surface area contributed by atoms with Gasteiger partial charge in [0.05, 0.1) is 11.0 Å². The predicted molar refractivity (Wildman–Crippen MR) is 79.2 cm³/mol. The third-order valence-electron chi connectivity index (χ3n) is 2.82. The second-order valence-electron chi connectivity index (χ2n) is 4.25. The Hall–Kier alpha value is -1.59. The Morgan fingerprint density at radius 2 is 2.16 bits per heavy atom. The van der Waals surface area contributed by atoms with Crippen LogP contribution in [0.25, 0.3) is 0 Å². The van der Waals surface area contributed by atoms with Crippen LogP contribution in [0, 0.1) is 17.0 Å². The van der Waals surface area contributed by atoms with Crippen molar-refractivity contribution in [3.8, 4) is 0 Å². The summed E-state index contributed by atoms with van der Waals surface area (Å²) in [5.41, 5.74) is 1.65. The van der Waals surface area contributed by atoms with Gasteiger partial charge in [-0.2, -0.15) is 0 Å². The summed E-state index contributed by atoms with van der Waals surface area (Å²) in [6.45, 7) is 4.00. The van der Waals surface area contributed by atoms with Gasteiger partial charge in [-0.15, -0.1) is 11.3 Å². The molecule has 0 aliphatic rings. The summed E-state index contributed by atoms with van der Waals surface area (Å²) in [4.78, 5) is 11.7. The molecule has 1 aromatic carbocycles. The third-order valence-corrected chi connectivity index (χ3v) is 4.26. The molecule has 0 aliphatic carbocycles. The first-order valence-electron chi connectivity index (χ1n) is 5.73. The Kier molecular flexibility index (Phi) is 4.07. The molecule has 1 aromatic heterocycles. The van der Waals surface area contributed by atoms with Gasteiger partial charge in [-0.25, -0.2) is 0 Å². The van der Waals surface area contributed by atoms with Crippen LogP contribution in [0.4, 0.5) is 11.4 Å². The van der Waals surface area contributed by atoms with Crippen LogP contribution in [0.15, 0.2) is 29.6 Å². The number of nitro benzene ring substituents is 1. The molecule has 19 heavy (non-hydrogen) atoms. The Morgan fingerprint density at radius 3 is 2.74 bits per heavy atom. The molecule has 6 heteroatoms. The maximum absolute atomic E-state index is 11.0. The molecule has 1 atom stereocenters. The molecule has 2 aromatic rings. The lowest BCUT2D eigenvalue weighted by Crippen LogP contribution is -2.08. The molecule has 0 bridgehead atoms. The van der Waals surface area contributed by atoms with Crippen LogP contribution in [-0.2, 0) is 0 Å². The van der Waals surface area contributed by atoms with Gasteiger partial charge in [-0.1, -0.05) is 11.6 Å². The van der Waals surface area contributed by atoms with E-state index in [-0.39, 0.29) is 11.7 Å². The van der Waals surface area contributed by atoms with Gasteiger partial charge in [-0.3, -0.25) is 10.1 Å². The van der Waals surface area contributed by atoms with Crippen LogP contribution in [-0.4, -0.2) is 4.92 Å². The Morgan fingerprint density at radius 1 is 1.42 bits per heavy atom. The van der Waals surface area contributed by atoms with Gasteiger partial charge in [0.25, 0.3) is 5.69 Å². The molecule has 1 heterocycles. The first-order valence-corrected chi connectivity index (χ1v) is 6.99. The Labute approximate surface area is 120 Å². The van der Waals surface area contributed by atoms with Crippen LogP contribution in [0.2, 0.25) is 5.02 Å². The molecule has 0 amide bonds. The SMILES string of the molecule is Cc1ccsc1C(C)Nc1cc(Cl)ccc1[N+](=O)[O-]. The maximum Gasteiger partial charge on any atom is 0.292 e. The molecule has 0 spiro atoms. The molecule has 1 N–H and O–H groups in total. The molecule has 2 rings (SSSR count). The average Bonchev–Trinajstić information content (AvgIpc) is 2.75. The van der Waals surface area contributed by atoms with E-state index >= 15 is 0 Å². The van der Waals surface area contributed by atoms with Crippen molar-refractivity contribution in [2.45, 2.75) is 19.9 Å². The molecule has 0 radical (unpaired) electrons. The number of nitrogens with one attached hydrogen (secondary N) is 1. The summed E-state index contributed by atoms with van der Waals surface area (Å²) in [5, 5.41) is 16.6. The van der Waals surface area contributed by atoms with Crippen molar-refractivity contribution in [1.29, 1.82) is 0 Å². The largest absolute Gasteiger partial charge is 0.372 e. The molecule has 0 fully saturated rings. The highest BCUT2D eigenvalue weighted by atomic mass is 35.5. The van der Waals surface area contributed by atoms with Crippen LogP contribution >= 0.6 is 22.9 Å². The minimum absolute atomic E-state index is 0.00262. The van der Waals surface area contributed by atoms with Crippen LogP contribution < -0.4 is 5.32 Å². The quantitative estimate of drug-likeness (QED) is 0.652. The van der Waals surface area contributed by atoms with Gasteiger partial charge < -0.3 is 5.32 Å². The minimum Gasteiger partial charge on any atom is -0.372 e. The van der Waals surface area contributed by atoms with E-state index in [0.717, 1.165) is 4.88 Å². The number of anilines is 1. The zero-order valence-corrected chi connectivity index (χ0v) is 12.1. The monoisotopic (exact) mass is 296 g/mol. The predicted octanol–water partition coefficient (Wildman–Crippen LogP) is 4.79. The number of nitro groups is 1. The van der Waals surface area contributed by atoms with E-state index in [2.05, 4.69) is 5.32 Å². The van der Waals surface area contributed by atoms with Gasteiger partial charge in [-0.05, 0) is 43.0 Å². The molecule has 0 saturated carbocycles. The summed E-state index contributed by atoms with van der Waals surface area (Å²) >= 11 is 7.53. The lowest BCUT2D eigenvalue weighted by Gasteiger charge is -2.15. The van der Waals surface area contributed by atoms with E-state index in [1.165, 1.54) is 17.7 Å². The number of rotatable bonds is 4. The fourth-order valence-corrected chi connectivity index (χ4v) is 3.02. The summed E-state index contributed by atoms with van der Waals surface area (Å²) in [5.74, 6) is 0. The normalized spacial score (nSPS) is 12.2. The standard InChI is InChI=1S/C13H13ClN2O2S/c1-8-5-6-19-13(8)9(2)15-11-7-10(14)3-4-12(11)16(17)18/h3-7,9,15H,1-2H3. The highest BCUT2D eigenvalue weighted by molar-refractivity contribution is 7.10. The third kappa shape index (κ3) is 3.05. The first kappa shape index (κ1) is 13.8. The van der Waals surface area contributed by atoms with Crippen molar-refractivity contribution >= 4 is 34.3 Å². The topological polar surface area (TPSA) is 55.2 Å². The number of hydrogen-bond acceptors (Lipinski definition) is 4. The zero-order valence-electron chi connectivity index (χ0n) is 10.5. The fraction of sp³-hybridized carbons (Fsp3) is 0.231. The summed E-state index contributed by atoms with van der Waals surface area (Å²) < 4.78 is 0. The van der Waals surface area contributed by atoms with Crippen LogP contribution in [0.1, 0.15) is 23.4 Å². The molecular weight excluding hydrogens is 284 g/mol. The van der Waals surface area contributed by atoms with E-state index in [9.17, 15) is 10.1 Å². The minimum atomic E-state index is -0.410. The van der Waals surface area contributed by atoms with Crippen molar-refractivity contribution in [1.82, 2.24) is 0 Å². The van der Waals surface area contributed by atoms with E-state index in [1.54, 1.807) is 17.4 Å². The fourth-order valence-electron chi connectivity index (χ4n) is 1.91. The van der Waals surface area contributed by atoms with Crippen molar-refractivity contribution < 1.29 is 4.92 Å². The maximum atomic E-state index is 11.0. The highest BCUT2D eigenvalue weighted by Crippen LogP contribution is 2.32. The van der Waals surface area contributed by atoms with E-state index < -0.39 is 4.92 Å². The summed E-state index contributed by atoms with van der Waals surface area (Å²) in [7, 11) is 0. The molecule has 0 saturated heterocycles. The van der Waals surface area contributed by atoms with Gasteiger partial charge >= 0.3 is 0 Å². The van der Waals surface area contributed by atoms with Crippen LogP contribution in [0.5, 0.6) is 0 Å². The van der Waals surface area contributed by atoms with E-state index in [1.807, 2.05) is 25.3 Å². The molecule has 1 unspecified atom stereocenters. The number of halogens is 1. The Bertz CT molecular complexity index is 612. The lowest BCUT2D eigenvalue weighted by molar-refractivity contribution is -0.384. The smallest absolute Gasteiger partial charge is 0.292 e. The second kappa shape index (κ2) is 5.59. The van der Waals surface area contributed by atoms with Gasteiger partial charge in [0.1, 0.15) is 5.69 Å². The van der Waals surface area contributed by atoms with Gasteiger partial charge in [0.15, 0.2) is 0 Å². The molecule has 100 valence electrons. The van der Waals surface area contributed by atoms with Crippen molar-refractivity contribution in [2.24, 2.45) is 0 Å². The first-order chi connectivity index (χ1) is 8.99. The van der Waals surface area contributed by atoms with Crippen molar-refractivity contribution in [2.75, 3.05) is 5.32 Å². The highest BCUT2D eigenvalue weighted by Gasteiger charge is 2.17. The van der Waals surface area contributed by atoms with Crippen molar-refractivity contribution in [3.63, 3.8) is 0 Å². The number of thiophene rings is 1. The average molecular weight is 297 g/mol. The number of hydrogen-bond donors (Lipinski definition) is 1. The second-order valence-corrected chi connectivity index (χ2v) is 5.64. The molecule has 4 nitrogen and oxygen atoms in total. The molecule has 0 aliphatic heterocycles. The Balaban J connectivity index is 2.30. The number of aryl methyl sites for hydroxylation is 1. The lowest BCUT2D eigenvalue weighted by atomic mass is 10.1. The van der Waals surface area contributed by atoms with Gasteiger partial charge in [0.2, 0.25) is 0 Å². The summed E-state index contributed by atoms with van der Waals surface area (Å²) in [6.07, 6.45) is 0. The van der Waals surface area contributed by atoms with E-state index in [0.29, 0.717) is 10.7 Å².